The number of nitrogens with one attached hydrogen (secondary N) is 2. The highest BCUT2D eigenvalue weighted by atomic mass is 79.9. The number of aliphatic imine (C=N–C) groups is 1. The van der Waals surface area contributed by atoms with Gasteiger partial charge in [-0.05, 0) is 52.5 Å². The van der Waals surface area contributed by atoms with Crippen LogP contribution >= 0.6 is 15.9 Å². The van der Waals surface area contributed by atoms with E-state index in [1.54, 1.807) is 20.2 Å². The van der Waals surface area contributed by atoms with E-state index in [1.165, 1.54) is 5.69 Å². The summed E-state index contributed by atoms with van der Waals surface area (Å²) in [5.41, 5.74) is 2.11. The van der Waals surface area contributed by atoms with Crippen molar-refractivity contribution in [2.45, 2.75) is 18.9 Å². The second-order valence-electron chi connectivity index (χ2n) is 6.77. The van der Waals surface area contributed by atoms with Crippen LogP contribution in [0.3, 0.4) is 0 Å². The third-order valence-electron chi connectivity index (χ3n) is 4.93. The number of methoxy groups -OCH3 is 1. The van der Waals surface area contributed by atoms with Crippen LogP contribution in [-0.4, -0.2) is 50.9 Å². The number of hydrogen-bond acceptors (Lipinski definition) is 4. The van der Waals surface area contributed by atoms with Crippen LogP contribution in [0.1, 0.15) is 12.0 Å². The molecule has 1 atom stereocenters. The van der Waals surface area contributed by atoms with Gasteiger partial charge in [0.05, 0.1) is 12.8 Å². The largest absolute Gasteiger partial charge is 0.508 e. The van der Waals surface area contributed by atoms with E-state index < -0.39 is 0 Å². The Morgan fingerprint density at radius 1 is 1.32 bits per heavy atom. The molecule has 0 saturated carbocycles. The molecule has 1 unspecified atom stereocenters. The van der Waals surface area contributed by atoms with Crippen LogP contribution < -0.4 is 20.3 Å². The molecule has 2 aromatic carbocycles. The first-order chi connectivity index (χ1) is 13.6. The Hall–Kier alpha value is -2.41. The van der Waals surface area contributed by atoms with E-state index in [1.807, 2.05) is 18.2 Å². The molecule has 0 amide bonds. The van der Waals surface area contributed by atoms with Crippen LogP contribution in [0.2, 0.25) is 0 Å². The number of anilines is 1. The highest BCUT2D eigenvalue weighted by molar-refractivity contribution is 9.10. The Labute approximate surface area is 174 Å². The summed E-state index contributed by atoms with van der Waals surface area (Å²) in [5.74, 6) is 1.69. The number of guanidine groups is 1. The normalized spacial score (nSPS) is 16.9. The molecule has 0 bridgehead atoms. The zero-order valence-corrected chi connectivity index (χ0v) is 17.9. The lowest BCUT2D eigenvalue weighted by Gasteiger charge is -2.21. The number of benzene rings is 2. The number of phenols is 1. The van der Waals surface area contributed by atoms with Gasteiger partial charge in [0.1, 0.15) is 11.5 Å². The van der Waals surface area contributed by atoms with E-state index in [9.17, 15) is 5.11 Å². The van der Waals surface area contributed by atoms with Gasteiger partial charge in [-0.2, -0.15) is 0 Å². The molecular formula is C21H27BrN4O2. The number of phenolic OH excluding ortho intramolecular Hbond substituents is 1. The molecular weight excluding hydrogens is 420 g/mol. The van der Waals surface area contributed by atoms with Gasteiger partial charge in [0.25, 0.3) is 0 Å². The SMILES string of the molecule is CN=C(NCCc1ccc(OC)cc1O)NC1CCN(c2ccccc2Br)C1. The summed E-state index contributed by atoms with van der Waals surface area (Å²) in [6, 6.07) is 14.0. The van der Waals surface area contributed by atoms with Crippen molar-refractivity contribution in [1.82, 2.24) is 10.6 Å². The molecule has 1 aliphatic rings. The molecule has 6 nitrogen and oxygen atoms in total. The zero-order chi connectivity index (χ0) is 19.9. The van der Waals surface area contributed by atoms with Gasteiger partial charge in [0, 0.05) is 43.3 Å². The lowest BCUT2D eigenvalue weighted by atomic mass is 10.1. The van der Waals surface area contributed by atoms with Gasteiger partial charge in [0.2, 0.25) is 0 Å². The summed E-state index contributed by atoms with van der Waals surface area (Å²) in [6.45, 7) is 2.62. The number of hydrogen-bond donors (Lipinski definition) is 3. The minimum atomic E-state index is 0.254. The minimum absolute atomic E-state index is 0.254. The highest BCUT2D eigenvalue weighted by Crippen LogP contribution is 2.28. The first-order valence-electron chi connectivity index (χ1n) is 9.43. The fourth-order valence-corrected chi connectivity index (χ4v) is 3.93. The van der Waals surface area contributed by atoms with Crippen molar-refractivity contribution < 1.29 is 9.84 Å². The third kappa shape index (κ3) is 5.10. The van der Waals surface area contributed by atoms with Crippen molar-refractivity contribution in [3.63, 3.8) is 0 Å². The molecule has 1 aliphatic heterocycles. The van der Waals surface area contributed by atoms with E-state index in [-0.39, 0.29) is 5.75 Å². The van der Waals surface area contributed by atoms with Crippen LogP contribution in [0.15, 0.2) is 51.9 Å². The van der Waals surface area contributed by atoms with E-state index in [0.717, 1.165) is 35.5 Å². The number of nitrogens with zero attached hydrogens (tertiary/aromatic N) is 2. The lowest BCUT2D eigenvalue weighted by molar-refractivity contribution is 0.406. The minimum Gasteiger partial charge on any atom is -0.508 e. The van der Waals surface area contributed by atoms with Crippen molar-refractivity contribution in [1.29, 1.82) is 0 Å². The Morgan fingerprint density at radius 2 is 2.14 bits per heavy atom. The Bertz CT molecular complexity index is 828. The average Bonchev–Trinajstić information content (AvgIpc) is 3.16. The van der Waals surface area contributed by atoms with Gasteiger partial charge >= 0.3 is 0 Å². The molecule has 3 rings (SSSR count). The zero-order valence-electron chi connectivity index (χ0n) is 16.3. The Kier molecular flexibility index (Phi) is 7.03. The van der Waals surface area contributed by atoms with Crippen molar-refractivity contribution in [3.05, 3.63) is 52.5 Å². The van der Waals surface area contributed by atoms with Gasteiger partial charge in [-0.25, -0.2) is 0 Å². The molecule has 1 heterocycles. The molecule has 1 fully saturated rings. The van der Waals surface area contributed by atoms with E-state index in [2.05, 4.69) is 54.7 Å². The van der Waals surface area contributed by atoms with Crippen LogP contribution in [0, 0.1) is 0 Å². The number of aromatic hydroxyl groups is 1. The van der Waals surface area contributed by atoms with Crippen molar-refractivity contribution in [3.8, 4) is 11.5 Å². The third-order valence-corrected chi connectivity index (χ3v) is 5.60. The number of para-hydroxylation sites is 1. The first kappa shape index (κ1) is 20.3. The summed E-state index contributed by atoms with van der Waals surface area (Å²) >= 11 is 3.64. The number of rotatable bonds is 6. The van der Waals surface area contributed by atoms with Gasteiger partial charge in [-0.1, -0.05) is 18.2 Å². The monoisotopic (exact) mass is 446 g/mol. The summed E-state index contributed by atoms with van der Waals surface area (Å²) in [7, 11) is 3.37. The van der Waals surface area contributed by atoms with Crippen molar-refractivity contribution in [2.24, 2.45) is 4.99 Å². The molecule has 0 aromatic heterocycles. The molecule has 1 saturated heterocycles. The molecule has 7 heteroatoms. The predicted octanol–water partition coefficient (Wildman–Crippen LogP) is 3.15. The maximum absolute atomic E-state index is 10.1. The second-order valence-corrected chi connectivity index (χ2v) is 7.63. The fourth-order valence-electron chi connectivity index (χ4n) is 3.39. The van der Waals surface area contributed by atoms with Gasteiger partial charge in [-0.3, -0.25) is 4.99 Å². The smallest absolute Gasteiger partial charge is 0.191 e. The predicted molar refractivity (Wildman–Crippen MR) is 118 cm³/mol. The van der Waals surface area contributed by atoms with Gasteiger partial charge in [0.15, 0.2) is 5.96 Å². The fraction of sp³-hybridized carbons (Fsp3) is 0.381. The molecule has 150 valence electrons. The lowest BCUT2D eigenvalue weighted by Crippen LogP contribution is -2.45. The summed E-state index contributed by atoms with van der Waals surface area (Å²) in [6.07, 6.45) is 1.76. The summed E-state index contributed by atoms with van der Waals surface area (Å²) < 4.78 is 6.24. The summed E-state index contributed by atoms with van der Waals surface area (Å²) in [5, 5.41) is 16.9. The van der Waals surface area contributed by atoms with Gasteiger partial charge in [-0.15, -0.1) is 0 Å². The highest BCUT2D eigenvalue weighted by Gasteiger charge is 2.24. The summed E-state index contributed by atoms with van der Waals surface area (Å²) in [4.78, 5) is 6.71. The van der Waals surface area contributed by atoms with Crippen molar-refractivity contribution in [2.75, 3.05) is 38.7 Å². The van der Waals surface area contributed by atoms with Crippen LogP contribution in [-0.2, 0) is 6.42 Å². The molecule has 0 radical (unpaired) electrons. The average molecular weight is 447 g/mol. The molecule has 3 N–H and O–H groups in total. The molecule has 2 aromatic rings. The standard InChI is InChI=1S/C21H27BrN4O2/c1-23-21(24-11-9-15-7-8-17(28-2)13-20(15)27)25-16-10-12-26(14-16)19-6-4-3-5-18(19)22/h3-8,13,16,27H,9-12,14H2,1-2H3,(H2,23,24,25). The van der Waals surface area contributed by atoms with Crippen LogP contribution in [0.25, 0.3) is 0 Å². The Morgan fingerprint density at radius 3 is 2.86 bits per heavy atom. The van der Waals surface area contributed by atoms with Crippen LogP contribution in [0.5, 0.6) is 11.5 Å². The van der Waals surface area contributed by atoms with Gasteiger partial charge < -0.3 is 25.4 Å². The topological polar surface area (TPSA) is 69.1 Å². The molecule has 28 heavy (non-hydrogen) atoms. The van der Waals surface area contributed by atoms with E-state index >= 15 is 0 Å². The van der Waals surface area contributed by atoms with Crippen LogP contribution in [0.4, 0.5) is 5.69 Å². The molecule has 0 spiro atoms. The van der Waals surface area contributed by atoms with Crippen molar-refractivity contribution >= 4 is 27.6 Å². The number of ether oxygens (including phenoxy) is 1. The maximum atomic E-state index is 10.1. The van der Waals surface area contributed by atoms with E-state index in [0.29, 0.717) is 24.8 Å². The maximum Gasteiger partial charge on any atom is 0.191 e. The first-order valence-corrected chi connectivity index (χ1v) is 10.2. The molecule has 0 aliphatic carbocycles. The van der Waals surface area contributed by atoms with E-state index in [4.69, 9.17) is 4.74 Å². The quantitative estimate of drug-likeness (QED) is 0.469. The Balaban J connectivity index is 1.48. The second kappa shape index (κ2) is 9.68. The number of halogens is 1.